The van der Waals surface area contributed by atoms with Crippen molar-refractivity contribution >= 4 is 35.0 Å². The molecule has 2 aromatic rings. The van der Waals surface area contributed by atoms with Crippen LogP contribution in [0.25, 0.3) is 16.9 Å². The van der Waals surface area contributed by atoms with Gasteiger partial charge in [-0.25, -0.2) is 4.39 Å². The van der Waals surface area contributed by atoms with Crippen molar-refractivity contribution in [3.05, 3.63) is 70.0 Å². The van der Waals surface area contributed by atoms with Crippen LogP contribution in [0, 0.1) is 11.8 Å². The molecule has 1 unspecified atom stereocenters. The highest BCUT2D eigenvalue weighted by Gasteiger charge is 2.64. The predicted molar refractivity (Wildman–Crippen MR) is 155 cm³/mol. The Morgan fingerprint density at radius 1 is 1.09 bits per heavy atom. The summed E-state index contributed by atoms with van der Waals surface area (Å²) in [7, 11) is 3.03. The van der Waals surface area contributed by atoms with Crippen molar-refractivity contribution in [3.63, 3.8) is 0 Å². The number of carbonyl (C=O) groups excluding carboxylic acids is 5. The molecule has 0 spiro atoms. The van der Waals surface area contributed by atoms with Crippen molar-refractivity contribution in [1.29, 1.82) is 0 Å². The maximum atomic E-state index is 14.8. The highest BCUT2D eigenvalue weighted by Crippen LogP contribution is 2.53. The number of rotatable bonds is 7. The van der Waals surface area contributed by atoms with Crippen LogP contribution >= 0.6 is 0 Å². The Balaban J connectivity index is 1.58. The van der Waals surface area contributed by atoms with Gasteiger partial charge in [-0.2, -0.15) is 0 Å². The van der Waals surface area contributed by atoms with Crippen molar-refractivity contribution in [3.8, 4) is 16.9 Å². The molecular weight excluding hydrogens is 591 g/mol. The molecule has 45 heavy (non-hydrogen) atoms. The summed E-state index contributed by atoms with van der Waals surface area (Å²) >= 11 is 0. The number of fused-ring (bicyclic) bond motifs is 3. The molecule has 6 N–H and O–H groups in total. The molecule has 236 valence electrons. The number of aliphatic hydroxyl groups is 3. The number of hydrogen-bond donors (Lipinski definition) is 5. The number of aliphatic hydroxyl groups excluding tert-OH is 2. The minimum Gasteiger partial charge on any atom is -0.508 e. The maximum absolute atomic E-state index is 14.8. The van der Waals surface area contributed by atoms with E-state index in [-0.39, 0.29) is 35.3 Å². The van der Waals surface area contributed by atoms with Gasteiger partial charge in [0.15, 0.2) is 24.2 Å². The molecule has 5 rings (SSSR count). The van der Waals surface area contributed by atoms with E-state index in [0.29, 0.717) is 16.7 Å². The lowest BCUT2D eigenvalue weighted by Crippen LogP contribution is -2.65. The number of Topliss-reactive ketones (excluding diaryl/α,β-unsaturated/α-hetero) is 3. The number of esters is 1. The van der Waals surface area contributed by atoms with Gasteiger partial charge in [0.1, 0.15) is 22.8 Å². The molecule has 3 aliphatic carbocycles. The quantitative estimate of drug-likeness (QED) is 0.222. The Morgan fingerprint density at radius 3 is 2.31 bits per heavy atom. The van der Waals surface area contributed by atoms with Crippen molar-refractivity contribution in [2.24, 2.45) is 17.6 Å². The molecule has 0 aromatic heterocycles. The number of benzene rings is 2. The number of primary amides is 1. The average molecular weight is 623 g/mol. The Kier molecular flexibility index (Phi) is 7.88. The lowest BCUT2D eigenvalue weighted by Gasteiger charge is -2.50. The minimum atomic E-state index is -2.75. The third-order valence-corrected chi connectivity index (χ3v) is 8.82. The number of likely N-dealkylation sites (N-methyl/N-ethyl adjacent to an activating group) is 1. The van der Waals surface area contributed by atoms with Gasteiger partial charge in [0.2, 0.25) is 11.6 Å². The van der Waals surface area contributed by atoms with E-state index in [1.165, 1.54) is 49.3 Å². The number of alkyl halides is 1. The van der Waals surface area contributed by atoms with Gasteiger partial charge in [-0.15, -0.1) is 0 Å². The van der Waals surface area contributed by atoms with E-state index in [2.05, 4.69) is 4.74 Å². The second kappa shape index (κ2) is 11.2. The fraction of sp³-hybridized carbons (Fsp3) is 0.344. The third kappa shape index (κ3) is 4.88. The van der Waals surface area contributed by atoms with Gasteiger partial charge in [-0.05, 0) is 61.2 Å². The van der Waals surface area contributed by atoms with E-state index < -0.39 is 82.6 Å². The molecule has 2 aromatic carbocycles. The van der Waals surface area contributed by atoms with E-state index in [9.17, 15) is 48.8 Å². The summed E-state index contributed by atoms with van der Waals surface area (Å²) in [5.74, 6) is -9.13. The number of carbonyl (C=O) groups is 5. The molecule has 3 aliphatic rings. The molecule has 13 heteroatoms. The number of ether oxygens (including phenoxy) is 1. The van der Waals surface area contributed by atoms with Crippen LogP contribution in [-0.4, -0.2) is 86.9 Å². The number of phenolic OH excluding ortho intramolecular Hbond substituents is 1. The van der Waals surface area contributed by atoms with Gasteiger partial charge in [-0.1, -0.05) is 30.3 Å². The Hall–Kier alpha value is -4.88. The largest absolute Gasteiger partial charge is 0.508 e. The second-order valence-corrected chi connectivity index (χ2v) is 11.7. The summed E-state index contributed by atoms with van der Waals surface area (Å²) in [5.41, 5.74) is 2.82. The SMILES string of the molecule is CC(=O)OCC(=O)C(F)c1ccc(-c2ccc(O)c3c2C[C@H]2C[C@H]4[C@H](N(C)C)C(=O)C(C(N)=O)=C(O)[C@@]4(O)C(=O)C2=C3O)cc1. The summed E-state index contributed by atoms with van der Waals surface area (Å²) in [6, 6.07) is 7.46. The third-order valence-electron chi connectivity index (χ3n) is 8.82. The molecule has 0 saturated heterocycles. The molecular formula is C32H31FN2O10. The van der Waals surface area contributed by atoms with Gasteiger partial charge in [-0.3, -0.25) is 28.9 Å². The molecule has 1 fully saturated rings. The van der Waals surface area contributed by atoms with Crippen molar-refractivity contribution in [2.45, 2.75) is 37.6 Å². The van der Waals surface area contributed by atoms with Crippen molar-refractivity contribution in [2.75, 3.05) is 20.7 Å². The molecule has 0 bridgehead atoms. The molecule has 0 aliphatic heterocycles. The summed E-state index contributed by atoms with van der Waals surface area (Å²) in [4.78, 5) is 63.8. The van der Waals surface area contributed by atoms with Gasteiger partial charge in [0.05, 0.1) is 11.6 Å². The predicted octanol–water partition coefficient (Wildman–Crippen LogP) is 1.77. The zero-order valence-corrected chi connectivity index (χ0v) is 24.5. The van der Waals surface area contributed by atoms with Crippen LogP contribution in [0.15, 0.2) is 53.3 Å². The minimum absolute atomic E-state index is 0.0191. The van der Waals surface area contributed by atoms with E-state index in [0.717, 1.165) is 6.92 Å². The molecule has 0 radical (unpaired) electrons. The Labute approximate surface area is 256 Å². The van der Waals surface area contributed by atoms with Crippen LogP contribution in [0.5, 0.6) is 5.75 Å². The number of ketones is 3. The fourth-order valence-electron chi connectivity index (χ4n) is 6.78. The van der Waals surface area contributed by atoms with E-state index in [4.69, 9.17) is 5.73 Å². The number of amides is 1. The molecule has 5 atom stereocenters. The lowest BCUT2D eigenvalue weighted by molar-refractivity contribution is -0.153. The monoisotopic (exact) mass is 622 g/mol. The number of nitrogens with zero attached hydrogens (tertiary/aromatic N) is 1. The van der Waals surface area contributed by atoms with Gasteiger partial charge in [0.25, 0.3) is 5.91 Å². The summed E-state index contributed by atoms with van der Waals surface area (Å²) in [5, 5.41) is 44.9. The molecule has 0 heterocycles. The van der Waals surface area contributed by atoms with Crippen molar-refractivity contribution < 1.29 is 53.5 Å². The first-order chi connectivity index (χ1) is 21.1. The first kappa shape index (κ1) is 31.5. The fourth-order valence-corrected chi connectivity index (χ4v) is 6.78. The van der Waals surface area contributed by atoms with E-state index in [1.54, 1.807) is 6.07 Å². The van der Waals surface area contributed by atoms with Gasteiger partial charge >= 0.3 is 5.97 Å². The standard InChI is InChI=1S/C32H31FN2O10/c1-13(36)45-12-21(38)25(33)15-6-4-14(5-7-15)17-8-9-20(37)23-18(17)10-16-11-19-26(35(2)3)28(40)24(31(34)43)30(42)32(19,44)29(41)22(16)27(23)39/h4-9,16,19,25-26,37,39,42,44H,10-12H2,1-3H3,(H2,34,43)/t16-,19-,25?,26-,32-/m0/s1. The number of halogens is 1. The number of aromatic hydroxyl groups is 1. The van der Waals surface area contributed by atoms with Crippen LogP contribution in [0.4, 0.5) is 4.39 Å². The maximum Gasteiger partial charge on any atom is 0.303 e. The Morgan fingerprint density at radius 2 is 1.73 bits per heavy atom. The summed E-state index contributed by atoms with van der Waals surface area (Å²) in [6.45, 7) is 0.383. The van der Waals surface area contributed by atoms with Crippen LogP contribution in [0.2, 0.25) is 0 Å². The van der Waals surface area contributed by atoms with Crippen LogP contribution in [-0.2, 0) is 35.1 Å². The molecule has 12 nitrogen and oxygen atoms in total. The first-order valence-corrected chi connectivity index (χ1v) is 14.0. The van der Waals surface area contributed by atoms with Crippen LogP contribution in [0.1, 0.15) is 36.2 Å². The molecule has 1 saturated carbocycles. The Bertz CT molecular complexity index is 1730. The first-order valence-electron chi connectivity index (χ1n) is 14.0. The second-order valence-electron chi connectivity index (χ2n) is 11.7. The average Bonchev–Trinajstić information content (AvgIpc) is 2.97. The normalized spacial score (nSPS) is 25.0. The van der Waals surface area contributed by atoms with Gasteiger partial charge < -0.3 is 30.9 Å². The highest BCUT2D eigenvalue weighted by molar-refractivity contribution is 6.24. The topological polar surface area (TPSA) is 205 Å². The number of nitrogens with two attached hydrogens (primary N) is 1. The molecule has 1 amide bonds. The highest BCUT2D eigenvalue weighted by atomic mass is 19.1. The van der Waals surface area contributed by atoms with Crippen LogP contribution in [0.3, 0.4) is 0 Å². The lowest BCUT2D eigenvalue weighted by atomic mass is 9.57. The van der Waals surface area contributed by atoms with Gasteiger partial charge in [0, 0.05) is 18.4 Å². The van der Waals surface area contributed by atoms with Crippen LogP contribution < -0.4 is 5.73 Å². The zero-order chi connectivity index (χ0) is 33.1. The summed E-state index contributed by atoms with van der Waals surface area (Å²) in [6.07, 6.45) is -2.06. The van der Waals surface area contributed by atoms with Crippen molar-refractivity contribution in [1.82, 2.24) is 4.90 Å². The summed E-state index contributed by atoms with van der Waals surface area (Å²) < 4.78 is 19.3. The van der Waals surface area contributed by atoms with E-state index >= 15 is 0 Å². The van der Waals surface area contributed by atoms with E-state index in [1.807, 2.05) is 0 Å². The number of hydrogen-bond acceptors (Lipinski definition) is 11. The smallest absolute Gasteiger partial charge is 0.303 e. The number of phenols is 1. The zero-order valence-electron chi connectivity index (χ0n) is 24.5.